The molecule has 0 radical (unpaired) electrons. The highest BCUT2D eigenvalue weighted by Crippen LogP contribution is 2.33. The Morgan fingerprint density at radius 1 is 1.33 bits per heavy atom. The number of ether oxygens (including phenoxy) is 1. The molecule has 2 rings (SSSR count). The molecule has 6 nitrogen and oxygen atoms in total. The van der Waals surface area contributed by atoms with Gasteiger partial charge in [-0.15, -0.1) is 0 Å². The maximum atomic E-state index is 12.2. The minimum absolute atomic E-state index is 0.0797. The second-order valence-corrected chi connectivity index (χ2v) is 6.47. The van der Waals surface area contributed by atoms with E-state index in [0.29, 0.717) is 24.2 Å². The van der Waals surface area contributed by atoms with Crippen LogP contribution < -0.4 is 10.1 Å². The van der Waals surface area contributed by atoms with Gasteiger partial charge in [0.1, 0.15) is 5.75 Å². The van der Waals surface area contributed by atoms with Gasteiger partial charge in [0.2, 0.25) is 0 Å². The van der Waals surface area contributed by atoms with Crippen molar-refractivity contribution in [1.82, 2.24) is 5.32 Å². The number of nitrogens with one attached hydrogen (secondary N) is 1. The number of ketones is 1. The number of carbonyl (C=O) groups is 3. The summed E-state index contributed by atoms with van der Waals surface area (Å²) >= 11 is 0. The summed E-state index contributed by atoms with van der Waals surface area (Å²) in [6.45, 7) is 3.02. The van der Waals surface area contributed by atoms with E-state index >= 15 is 0 Å². The predicted octanol–water partition coefficient (Wildman–Crippen LogP) is 2.42. The Labute approximate surface area is 141 Å². The van der Waals surface area contributed by atoms with Crippen molar-refractivity contribution in [2.24, 2.45) is 5.92 Å². The van der Waals surface area contributed by atoms with Crippen molar-refractivity contribution in [3.05, 3.63) is 29.8 Å². The summed E-state index contributed by atoms with van der Waals surface area (Å²) in [5.74, 6) is -1.48. The van der Waals surface area contributed by atoms with E-state index in [0.717, 1.165) is 12.8 Å². The molecule has 0 bridgehead atoms. The number of benzene rings is 1. The molecule has 0 saturated heterocycles. The molecule has 2 unspecified atom stereocenters. The fraction of sp³-hybridized carbons (Fsp3) is 0.500. The van der Waals surface area contributed by atoms with Gasteiger partial charge in [-0.2, -0.15) is 0 Å². The maximum Gasteiger partial charge on any atom is 0.308 e. The van der Waals surface area contributed by atoms with Gasteiger partial charge in [-0.3, -0.25) is 14.4 Å². The highest BCUT2D eigenvalue weighted by Gasteiger charge is 2.42. The predicted molar refractivity (Wildman–Crippen MR) is 88.1 cm³/mol. The number of Topliss-reactive ketones (excluding diaryl/α,β-unsaturated/α-hetero) is 1. The number of hydrogen-bond acceptors (Lipinski definition) is 4. The molecule has 0 heterocycles. The van der Waals surface area contributed by atoms with Gasteiger partial charge < -0.3 is 15.2 Å². The van der Waals surface area contributed by atoms with Crippen molar-refractivity contribution >= 4 is 17.7 Å². The van der Waals surface area contributed by atoms with Crippen molar-refractivity contribution in [3.63, 3.8) is 0 Å². The van der Waals surface area contributed by atoms with E-state index in [1.165, 1.54) is 6.92 Å². The second-order valence-electron chi connectivity index (χ2n) is 6.47. The third-order valence-electron chi connectivity index (χ3n) is 4.54. The SMILES string of the molecule is CC(=O)c1cccc(OCC(=O)NC2(C)CCCCC2C(=O)O)c1. The van der Waals surface area contributed by atoms with Crippen LogP contribution in [-0.4, -0.2) is 34.9 Å². The number of carbonyl (C=O) groups excluding carboxylic acids is 2. The molecule has 1 fully saturated rings. The Balaban J connectivity index is 1.96. The zero-order valence-electron chi connectivity index (χ0n) is 14.0. The van der Waals surface area contributed by atoms with Crippen molar-refractivity contribution < 1.29 is 24.2 Å². The summed E-state index contributed by atoms with van der Waals surface area (Å²) < 4.78 is 5.43. The molecular formula is C18H23NO5. The molecule has 0 aliphatic heterocycles. The number of aliphatic carboxylic acids is 1. The highest BCUT2D eigenvalue weighted by molar-refractivity contribution is 5.94. The summed E-state index contributed by atoms with van der Waals surface area (Å²) in [6.07, 6.45) is 2.95. The van der Waals surface area contributed by atoms with Crippen molar-refractivity contribution in [3.8, 4) is 5.75 Å². The molecule has 2 N–H and O–H groups in total. The first-order chi connectivity index (χ1) is 11.3. The molecule has 130 valence electrons. The van der Waals surface area contributed by atoms with Gasteiger partial charge in [-0.25, -0.2) is 0 Å². The van der Waals surface area contributed by atoms with E-state index in [1.807, 2.05) is 0 Å². The van der Waals surface area contributed by atoms with E-state index in [2.05, 4.69) is 5.32 Å². The van der Waals surface area contributed by atoms with Crippen LogP contribution in [0.1, 0.15) is 49.9 Å². The van der Waals surface area contributed by atoms with Crippen LogP contribution in [0.3, 0.4) is 0 Å². The van der Waals surface area contributed by atoms with E-state index in [9.17, 15) is 19.5 Å². The Kier molecular flexibility index (Phi) is 5.59. The van der Waals surface area contributed by atoms with Crippen LogP contribution in [0.15, 0.2) is 24.3 Å². The zero-order chi connectivity index (χ0) is 17.7. The van der Waals surface area contributed by atoms with E-state index in [1.54, 1.807) is 31.2 Å². The van der Waals surface area contributed by atoms with Crippen LogP contribution in [-0.2, 0) is 9.59 Å². The zero-order valence-corrected chi connectivity index (χ0v) is 14.0. The Morgan fingerprint density at radius 3 is 2.75 bits per heavy atom. The molecule has 1 aliphatic rings. The van der Waals surface area contributed by atoms with Crippen molar-refractivity contribution in [2.75, 3.05) is 6.61 Å². The fourth-order valence-electron chi connectivity index (χ4n) is 3.19. The minimum Gasteiger partial charge on any atom is -0.484 e. The first-order valence-corrected chi connectivity index (χ1v) is 8.09. The van der Waals surface area contributed by atoms with Crippen LogP contribution in [0.4, 0.5) is 0 Å². The molecule has 1 saturated carbocycles. The standard InChI is InChI=1S/C18H23NO5/c1-12(20)13-6-5-7-14(10-13)24-11-16(21)19-18(2)9-4-3-8-15(18)17(22)23/h5-7,10,15H,3-4,8-9,11H2,1-2H3,(H,19,21)(H,22,23). The smallest absolute Gasteiger partial charge is 0.308 e. The van der Waals surface area contributed by atoms with E-state index < -0.39 is 17.4 Å². The lowest BCUT2D eigenvalue weighted by molar-refractivity contribution is -0.146. The lowest BCUT2D eigenvalue weighted by Crippen LogP contribution is -2.56. The summed E-state index contributed by atoms with van der Waals surface area (Å²) in [5, 5.41) is 12.2. The van der Waals surface area contributed by atoms with Crippen molar-refractivity contribution in [2.45, 2.75) is 45.1 Å². The molecular weight excluding hydrogens is 310 g/mol. The van der Waals surface area contributed by atoms with Gasteiger partial charge in [0.05, 0.1) is 11.5 Å². The average Bonchev–Trinajstić information content (AvgIpc) is 2.53. The van der Waals surface area contributed by atoms with Crippen LogP contribution >= 0.6 is 0 Å². The third-order valence-corrected chi connectivity index (χ3v) is 4.54. The maximum absolute atomic E-state index is 12.2. The van der Waals surface area contributed by atoms with E-state index in [-0.39, 0.29) is 18.3 Å². The molecule has 1 amide bonds. The van der Waals surface area contributed by atoms with Gasteiger partial charge in [0, 0.05) is 5.56 Å². The van der Waals surface area contributed by atoms with Gasteiger partial charge in [-0.1, -0.05) is 25.0 Å². The molecule has 1 aromatic carbocycles. The summed E-state index contributed by atoms with van der Waals surface area (Å²) in [5.41, 5.74) is -0.246. The third kappa shape index (κ3) is 4.34. The Hall–Kier alpha value is -2.37. The highest BCUT2D eigenvalue weighted by atomic mass is 16.5. The van der Waals surface area contributed by atoms with Crippen molar-refractivity contribution in [1.29, 1.82) is 0 Å². The largest absolute Gasteiger partial charge is 0.484 e. The lowest BCUT2D eigenvalue weighted by Gasteiger charge is -2.39. The van der Waals surface area contributed by atoms with E-state index in [4.69, 9.17) is 4.74 Å². The Bertz CT molecular complexity index is 642. The minimum atomic E-state index is -0.882. The number of carboxylic acid groups (broad SMARTS) is 1. The molecule has 0 aromatic heterocycles. The van der Waals surface area contributed by atoms with Crippen LogP contribution in [0.2, 0.25) is 0 Å². The quantitative estimate of drug-likeness (QED) is 0.780. The van der Waals surface area contributed by atoms with Gasteiger partial charge >= 0.3 is 5.97 Å². The Morgan fingerprint density at radius 2 is 2.08 bits per heavy atom. The molecule has 6 heteroatoms. The second kappa shape index (κ2) is 7.47. The van der Waals surface area contributed by atoms with Gasteiger partial charge in [0.25, 0.3) is 5.91 Å². The molecule has 1 aromatic rings. The number of amides is 1. The number of hydrogen-bond donors (Lipinski definition) is 2. The summed E-state index contributed by atoms with van der Waals surface area (Å²) in [7, 11) is 0. The average molecular weight is 333 g/mol. The van der Waals surface area contributed by atoms with Crippen LogP contribution in [0.25, 0.3) is 0 Å². The normalized spacial score (nSPS) is 23.3. The van der Waals surface area contributed by atoms with Crippen LogP contribution in [0, 0.1) is 5.92 Å². The first kappa shape index (κ1) is 18.0. The van der Waals surface area contributed by atoms with Gasteiger partial charge in [0.15, 0.2) is 12.4 Å². The lowest BCUT2D eigenvalue weighted by atomic mass is 9.74. The first-order valence-electron chi connectivity index (χ1n) is 8.09. The molecule has 1 aliphatic carbocycles. The summed E-state index contributed by atoms with van der Waals surface area (Å²) in [6, 6.07) is 6.61. The van der Waals surface area contributed by atoms with Gasteiger partial charge in [-0.05, 0) is 38.8 Å². The topological polar surface area (TPSA) is 92.7 Å². The fourth-order valence-corrected chi connectivity index (χ4v) is 3.19. The molecule has 0 spiro atoms. The monoisotopic (exact) mass is 333 g/mol. The molecule has 2 atom stereocenters. The number of rotatable bonds is 6. The number of carboxylic acids is 1. The molecule has 24 heavy (non-hydrogen) atoms. The van der Waals surface area contributed by atoms with Crippen LogP contribution in [0.5, 0.6) is 5.75 Å². The summed E-state index contributed by atoms with van der Waals surface area (Å²) in [4.78, 5) is 34.9.